The van der Waals surface area contributed by atoms with Crippen molar-refractivity contribution in [3.63, 3.8) is 0 Å². The van der Waals surface area contributed by atoms with Gasteiger partial charge < -0.3 is 10.2 Å². The number of aromatic nitrogens is 1. The van der Waals surface area contributed by atoms with Crippen molar-refractivity contribution >= 4 is 51.8 Å². The number of thiazole rings is 1. The highest BCUT2D eigenvalue weighted by Gasteiger charge is 2.27. The molecule has 168 valence electrons. The number of piperidine rings is 1. The van der Waals surface area contributed by atoms with Gasteiger partial charge in [-0.3, -0.25) is 9.69 Å². The first-order valence-electron chi connectivity index (χ1n) is 10.6. The number of rotatable bonds is 4. The van der Waals surface area contributed by atoms with E-state index in [0.29, 0.717) is 35.8 Å². The van der Waals surface area contributed by atoms with E-state index in [1.54, 1.807) is 9.80 Å². The fourth-order valence-corrected chi connectivity index (χ4v) is 5.09. The van der Waals surface area contributed by atoms with E-state index in [2.05, 4.69) is 22.9 Å². The smallest absolute Gasteiger partial charge is 0.322 e. The number of benzene rings is 2. The normalized spacial score (nSPS) is 14.7. The predicted octanol–water partition coefficient (Wildman–Crippen LogP) is 4.95. The standard InChI is InChI=1S/C23H25FN4O2S2/c1-14(2)28(18-7-8-19-20(13-18)32-23(31)26-19)22(30)25-17-9-11-27(12-10-17)21(29)15-3-5-16(24)6-4-15/h3-8,13-14,17H,9-12H2,1-2H3,(H,25,30)(H,26,31). The first kappa shape index (κ1) is 22.5. The summed E-state index contributed by atoms with van der Waals surface area (Å²) in [7, 11) is 0. The Labute approximate surface area is 195 Å². The Hall–Kier alpha value is -2.65. The van der Waals surface area contributed by atoms with Crippen LogP contribution in [0.25, 0.3) is 10.2 Å². The van der Waals surface area contributed by atoms with E-state index < -0.39 is 0 Å². The first-order chi connectivity index (χ1) is 15.3. The highest BCUT2D eigenvalue weighted by Crippen LogP contribution is 2.29. The number of halogens is 1. The van der Waals surface area contributed by atoms with Gasteiger partial charge in [-0.15, -0.1) is 24.0 Å². The van der Waals surface area contributed by atoms with Crippen molar-refractivity contribution in [1.82, 2.24) is 15.2 Å². The Morgan fingerprint density at radius 1 is 1.19 bits per heavy atom. The second-order valence-electron chi connectivity index (χ2n) is 8.14. The molecule has 2 aromatic carbocycles. The average Bonchev–Trinajstić information content (AvgIpc) is 3.13. The van der Waals surface area contributed by atoms with Gasteiger partial charge in [0.1, 0.15) is 10.2 Å². The van der Waals surface area contributed by atoms with Crippen LogP contribution in [0.5, 0.6) is 0 Å². The van der Waals surface area contributed by atoms with E-state index in [0.717, 1.165) is 15.9 Å². The van der Waals surface area contributed by atoms with E-state index in [-0.39, 0.29) is 29.8 Å². The van der Waals surface area contributed by atoms with E-state index in [4.69, 9.17) is 0 Å². The van der Waals surface area contributed by atoms with Crippen molar-refractivity contribution in [1.29, 1.82) is 0 Å². The van der Waals surface area contributed by atoms with E-state index in [9.17, 15) is 14.0 Å². The fourth-order valence-electron chi connectivity index (χ4n) is 3.95. The number of likely N-dealkylation sites (tertiary alicyclic amines) is 1. The number of amides is 3. The molecule has 4 rings (SSSR count). The van der Waals surface area contributed by atoms with Crippen molar-refractivity contribution < 1.29 is 14.0 Å². The van der Waals surface area contributed by atoms with Crippen LogP contribution in [0.2, 0.25) is 0 Å². The molecule has 0 atom stereocenters. The number of nitrogens with one attached hydrogen (secondary N) is 1. The lowest BCUT2D eigenvalue weighted by molar-refractivity contribution is 0.0708. The summed E-state index contributed by atoms with van der Waals surface area (Å²) >= 11 is 5.80. The molecule has 3 aromatic rings. The molecule has 0 aliphatic carbocycles. The molecule has 1 aliphatic heterocycles. The molecule has 3 amide bonds. The predicted molar refractivity (Wildman–Crippen MR) is 128 cm³/mol. The summed E-state index contributed by atoms with van der Waals surface area (Å²) in [6.45, 7) is 5.04. The molecule has 0 unspecified atom stereocenters. The molecular weight excluding hydrogens is 447 g/mol. The molecule has 9 heteroatoms. The molecule has 0 saturated carbocycles. The van der Waals surface area contributed by atoms with Gasteiger partial charge in [0.05, 0.1) is 10.2 Å². The largest absolute Gasteiger partial charge is 0.338 e. The number of nitrogens with zero attached hydrogens (tertiary/aromatic N) is 3. The van der Waals surface area contributed by atoms with Gasteiger partial charge in [0, 0.05) is 36.4 Å². The molecule has 2 heterocycles. The van der Waals surface area contributed by atoms with Gasteiger partial charge in [-0.2, -0.15) is 0 Å². The summed E-state index contributed by atoms with van der Waals surface area (Å²) in [5.41, 5.74) is 2.15. The van der Waals surface area contributed by atoms with E-state index >= 15 is 0 Å². The van der Waals surface area contributed by atoms with Gasteiger partial charge >= 0.3 is 6.03 Å². The molecule has 0 bridgehead atoms. The van der Waals surface area contributed by atoms with E-state index in [1.807, 2.05) is 32.0 Å². The third-order valence-corrected chi connectivity index (χ3v) is 6.77. The molecule has 1 saturated heterocycles. The Bertz CT molecular complexity index is 1120. The third-order valence-electron chi connectivity index (χ3n) is 5.58. The molecule has 0 radical (unpaired) electrons. The van der Waals surface area contributed by atoms with Crippen LogP contribution in [0.4, 0.5) is 14.9 Å². The summed E-state index contributed by atoms with van der Waals surface area (Å²) in [6, 6.07) is 11.2. The van der Waals surface area contributed by atoms with Crippen LogP contribution in [-0.2, 0) is 0 Å². The topological polar surface area (TPSA) is 65.5 Å². The molecule has 0 spiro atoms. The SMILES string of the molecule is CC(C)N(C(=O)NC1CCN(C(=O)c2ccc(F)cc2)CC1)c1ccc2nc(S)sc2c1. The number of urea groups is 1. The van der Waals surface area contributed by atoms with Crippen molar-refractivity contribution in [2.45, 2.75) is 43.1 Å². The zero-order chi connectivity index (χ0) is 22.8. The lowest BCUT2D eigenvalue weighted by Crippen LogP contribution is -2.52. The molecule has 32 heavy (non-hydrogen) atoms. The Balaban J connectivity index is 1.39. The van der Waals surface area contributed by atoms with Crippen LogP contribution in [0.1, 0.15) is 37.0 Å². The minimum absolute atomic E-state index is 0.0165. The monoisotopic (exact) mass is 472 g/mol. The average molecular weight is 473 g/mol. The lowest BCUT2D eigenvalue weighted by Gasteiger charge is -2.35. The summed E-state index contributed by atoms with van der Waals surface area (Å²) < 4.78 is 14.8. The van der Waals surface area contributed by atoms with Gasteiger partial charge in [0.2, 0.25) is 0 Å². The minimum atomic E-state index is -0.363. The van der Waals surface area contributed by atoms with Crippen LogP contribution in [-0.4, -0.2) is 47.0 Å². The highest BCUT2D eigenvalue weighted by molar-refractivity contribution is 7.82. The Kier molecular flexibility index (Phi) is 6.66. The van der Waals surface area contributed by atoms with Crippen LogP contribution in [0, 0.1) is 5.82 Å². The number of hydrogen-bond acceptors (Lipinski definition) is 5. The quantitative estimate of drug-likeness (QED) is 0.528. The van der Waals surface area contributed by atoms with Gasteiger partial charge in [-0.1, -0.05) is 0 Å². The summed E-state index contributed by atoms with van der Waals surface area (Å²) in [6.07, 6.45) is 1.34. The van der Waals surface area contributed by atoms with Crippen molar-refractivity contribution in [2.75, 3.05) is 18.0 Å². The van der Waals surface area contributed by atoms with Crippen molar-refractivity contribution in [3.8, 4) is 0 Å². The van der Waals surface area contributed by atoms with Gasteiger partial charge in [0.15, 0.2) is 0 Å². The second kappa shape index (κ2) is 9.46. The minimum Gasteiger partial charge on any atom is -0.338 e. The van der Waals surface area contributed by atoms with Crippen LogP contribution < -0.4 is 10.2 Å². The lowest BCUT2D eigenvalue weighted by atomic mass is 10.0. The molecule has 1 N–H and O–H groups in total. The maximum Gasteiger partial charge on any atom is 0.322 e. The Morgan fingerprint density at radius 3 is 2.53 bits per heavy atom. The molecule has 1 fully saturated rings. The number of carbonyl (C=O) groups is 2. The fraction of sp³-hybridized carbons (Fsp3) is 0.348. The van der Waals surface area contributed by atoms with Crippen LogP contribution in [0.15, 0.2) is 46.8 Å². The molecule has 1 aliphatic rings. The number of thiol groups is 1. The maximum absolute atomic E-state index is 13.1. The van der Waals surface area contributed by atoms with E-state index in [1.165, 1.54) is 35.6 Å². The highest BCUT2D eigenvalue weighted by atomic mass is 32.2. The number of fused-ring (bicyclic) bond motifs is 1. The summed E-state index contributed by atoms with van der Waals surface area (Å²) in [5.74, 6) is -0.474. The van der Waals surface area contributed by atoms with Gasteiger partial charge in [-0.25, -0.2) is 14.2 Å². The second-order valence-corrected chi connectivity index (χ2v) is 9.89. The van der Waals surface area contributed by atoms with Gasteiger partial charge in [0.25, 0.3) is 5.91 Å². The van der Waals surface area contributed by atoms with Crippen LogP contribution >= 0.6 is 24.0 Å². The first-order valence-corrected chi connectivity index (χ1v) is 11.8. The Morgan fingerprint density at radius 2 is 1.88 bits per heavy atom. The molecule has 6 nitrogen and oxygen atoms in total. The third kappa shape index (κ3) is 4.88. The molecule has 1 aromatic heterocycles. The number of carbonyl (C=O) groups excluding carboxylic acids is 2. The number of hydrogen-bond donors (Lipinski definition) is 2. The van der Waals surface area contributed by atoms with Crippen molar-refractivity contribution in [3.05, 3.63) is 53.8 Å². The summed E-state index contributed by atoms with van der Waals surface area (Å²) in [4.78, 5) is 33.6. The van der Waals surface area contributed by atoms with Gasteiger partial charge in [-0.05, 0) is 69.2 Å². The summed E-state index contributed by atoms with van der Waals surface area (Å²) in [5, 5.41) is 3.13. The number of anilines is 1. The molecular formula is C23H25FN4O2S2. The van der Waals surface area contributed by atoms with Crippen molar-refractivity contribution in [2.24, 2.45) is 0 Å². The zero-order valence-electron chi connectivity index (χ0n) is 17.9. The zero-order valence-corrected chi connectivity index (χ0v) is 19.6. The van der Waals surface area contributed by atoms with Crippen LogP contribution in [0.3, 0.4) is 0 Å². The maximum atomic E-state index is 13.1.